The molecular formula is C12H8F4O. The number of alkyl halides is 3. The molecule has 0 aromatic heterocycles. The molecule has 2 aromatic rings. The summed E-state index contributed by atoms with van der Waals surface area (Å²) in [7, 11) is 0. The molecule has 0 heterocycles. The number of halogens is 4. The second-order valence-corrected chi connectivity index (χ2v) is 3.66. The molecule has 0 saturated carbocycles. The van der Waals surface area contributed by atoms with E-state index in [-0.39, 0.29) is 10.9 Å². The monoisotopic (exact) mass is 244 g/mol. The molecule has 5 heteroatoms. The molecular weight excluding hydrogens is 236 g/mol. The van der Waals surface area contributed by atoms with Gasteiger partial charge in [-0.1, -0.05) is 24.3 Å². The summed E-state index contributed by atoms with van der Waals surface area (Å²) in [5.41, 5.74) is -0.269. The van der Waals surface area contributed by atoms with Crippen LogP contribution in [0.2, 0.25) is 0 Å². The average Bonchev–Trinajstić information content (AvgIpc) is 2.25. The normalized spacial score (nSPS) is 13.9. The summed E-state index contributed by atoms with van der Waals surface area (Å²) in [4.78, 5) is 0. The zero-order valence-corrected chi connectivity index (χ0v) is 8.50. The van der Waals surface area contributed by atoms with E-state index in [1.807, 2.05) is 0 Å². The van der Waals surface area contributed by atoms with E-state index in [4.69, 9.17) is 0 Å². The Bertz CT molecular complexity index is 548. The highest BCUT2D eigenvalue weighted by Gasteiger charge is 2.40. The maximum atomic E-state index is 12.9. The van der Waals surface area contributed by atoms with Gasteiger partial charge in [0.1, 0.15) is 5.82 Å². The van der Waals surface area contributed by atoms with Gasteiger partial charge >= 0.3 is 6.18 Å². The molecule has 0 radical (unpaired) electrons. The smallest absolute Gasteiger partial charge is 0.379 e. The van der Waals surface area contributed by atoms with Crippen LogP contribution in [0.15, 0.2) is 36.4 Å². The van der Waals surface area contributed by atoms with Crippen molar-refractivity contribution in [3.8, 4) is 0 Å². The minimum Gasteiger partial charge on any atom is -0.379 e. The van der Waals surface area contributed by atoms with Crippen molar-refractivity contribution < 1.29 is 22.7 Å². The van der Waals surface area contributed by atoms with Crippen molar-refractivity contribution in [3.05, 3.63) is 47.8 Å². The second-order valence-electron chi connectivity index (χ2n) is 3.66. The van der Waals surface area contributed by atoms with E-state index in [1.165, 1.54) is 24.3 Å². The lowest BCUT2D eigenvalue weighted by atomic mass is 10.00. The lowest BCUT2D eigenvalue weighted by Gasteiger charge is -2.16. The molecule has 1 unspecified atom stereocenters. The first-order valence-electron chi connectivity index (χ1n) is 4.82. The van der Waals surface area contributed by atoms with Crippen LogP contribution in [0.25, 0.3) is 10.8 Å². The predicted molar refractivity (Wildman–Crippen MR) is 54.9 cm³/mol. The fourth-order valence-corrected chi connectivity index (χ4v) is 1.69. The largest absolute Gasteiger partial charge is 0.418 e. The zero-order valence-electron chi connectivity index (χ0n) is 8.50. The summed E-state index contributed by atoms with van der Waals surface area (Å²) in [5.74, 6) is -0.531. The van der Waals surface area contributed by atoms with Crippen molar-refractivity contribution in [3.63, 3.8) is 0 Å². The number of fused-ring (bicyclic) bond motifs is 1. The van der Waals surface area contributed by atoms with Crippen LogP contribution in [0.5, 0.6) is 0 Å². The molecule has 2 aromatic carbocycles. The standard InChI is InChI=1S/C12H8F4O/c13-8-4-5-9-7(6-8)2-1-3-10(9)11(17)12(14,15)16/h1-6,11,17H. The Kier molecular flexibility index (Phi) is 2.79. The Labute approximate surface area is 94.3 Å². The average molecular weight is 244 g/mol. The molecule has 1 N–H and O–H groups in total. The van der Waals surface area contributed by atoms with Crippen molar-refractivity contribution in [2.75, 3.05) is 0 Å². The molecule has 0 aliphatic rings. The van der Waals surface area contributed by atoms with Gasteiger partial charge in [-0.25, -0.2) is 4.39 Å². The number of aliphatic hydroxyl groups is 1. The molecule has 0 saturated heterocycles. The minimum atomic E-state index is -4.73. The van der Waals surface area contributed by atoms with Crippen LogP contribution < -0.4 is 0 Å². The Morgan fingerprint density at radius 1 is 1.06 bits per heavy atom. The third-order valence-corrected chi connectivity index (χ3v) is 2.48. The number of hydrogen-bond donors (Lipinski definition) is 1. The van der Waals surface area contributed by atoms with Crippen LogP contribution in [0.4, 0.5) is 17.6 Å². The first kappa shape index (κ1) is 11.9. The van der Waals surface area contributed by atoms with E-state index in [0.29, 0.717) is 5.39 Å². The van der Waals surface area contributed by atoms with Crippen LogP contribution in [0, 0.1) is 5.82 Å². The van der Waals surface area contributed by atoms with Crippen molar-refractivity contribution in [2.24, 2.45) is 0 Å². The van der Waals surface area contributed by atoms with E-state index >= 15 is 0 Å². The number of hydrogen-bond acceptors (Lipinski definition) is 1. The van der Waals surface area contributed by atoms with Crippen LogP contribution in [-0.2, 0) is 0 Å². The molecule has 2 rings (SSSR count). The molecule has 0 bridgehead atoms. The Morgan fingerprint density at radius 3 is 2.41 bits per heavy atom. The Balaban J connectivity index is 2.63. The Hall–Kier alpha value is -1.62. The van der Waals surface area contributed by atoms with Gasteiger partial charge in [0.05, 0.1) is 0 Å². The van der Waals surface area contributed by atoms with E-state index < -0.39 is 18.1 Å². The van der Waals surface area contributed by atoms with Gasteiger partial charge in [-0.3, -0.25) is 0 Å². The van der Waals surface area contributed by atoms with Crippen molar-refractivity contribution >= 4 is 10.8 Å². The summed E-state index contributed by atoms with van der Waals surface area (Å²) in [6, 6.07) is 7.45. The van der Waals surface area contributed by atoms with Crippen LogP contribution in [-0.4, -0.2) is 11.3 Å². The molecule has 0 aliphatic carbocycles. The molecule has 1 atom stereocenters. The van der Waals surface area contributed by atoms with Gasteiger partial charge < -0.3 is 5.11 Å². The lowest BCUT2D eigenvalue weighted by Crippen LogP contribution is -2.20. The van der Waals surface area contributed by atoms with Crippen LogP contribution in [0.3, 0.4) is 0 Å². The molecule has 90 valence electrons. The third kappa shape index (κ3) is 2.24. The molecule has 0 aliphatic heterocycles. The van der Waals surface area contributed by atoms with Crippen molar-refractivity contribution in [1.82, 2.24) is 0 Å². The summed E-state index contributed by atoms with van der Waals surface area (Å²) in [5, 5.41) is 9.72. The number of aliphatic hydroxyl groups excluding tert-OH is 1. The van der Waals surface area contributed by atoms with E-state index in [2.05, 4.69) is 0 Å². The zero-order chi connectivity index (χ0) is 12.6. The third-order valence-electron chi connectivity index (χ3n) is 2.48. The topological polar surface area (TPSA) is 20.2 Å². The van der Waals surface area contributed by atoms with E-state index in [0.717, 1.165) is 12.1 Å². The highest BCUT2D eigenvalue weighted by Crippen LogP contribution is 2.35. The second kappa shape index (κ2) is 4.00. The van der Waals surface area contributed by atoms with Gasteiger partial charge in [-0.15, -0.1) is 0 Å². The molecule has 0 spiro atoms. The van der Waals surface area contributed by atoms with Gasteiger partial charge in [0.2, 0.25) is 0 Å². The molecule has 0 amide bonds. The number of benzene rings is 2. The highest BCUT2D eigenvalue weighted by molar-refractivity contribution is 5.86. The number of rotatable bonds is 1. The van der Waals surface area contributed by atoms with E-state index in [1.54, 1.807) is 0 Å². The highest BCUT2D eigenvalue weighted by atomic mass is 19.4. The first-order valence-corrected chi connectivity index (χ1v) is 4.82. The maximum Gasteiger partial charge on any atom is 0.418 e. The predicted octanol–water partition coefficient (Wildman–Crippen LogP) is 3.57. The quantitative estimate of drug-likeness (QED) is 0.760. The van der Waals surface area contributed by atoms with Crippen molar-refractivity contribution in [1.29, 1.82) is 0 Å². The molecule has 17 heavy (non-hydrogen) atoms. The SMILES string of the molecule is OC(c1cccc2cc(F)ccc12)C(F)(F)F. The Morgan fingerprint density at radius 2 is 1.76 bits per heavy atom. The summed E-state index contributed by atoms with van der Waals surface area (Å²) in [6.07, 6.45) is -7.29. The summed E-state index contributed by atoms with van der Waals surface area (Å²) < 4.78 is 50.2. The summed E-state index contributed by atoms with van der Waals surface area (Å²) >= 11 is 0. The van der Waals surface area contributed by atoms with Gasteiger partial charge in [0.15, 0.2) is 6.10 Å². The van der Waals surface area contributed by atoms with Crippen LogP contribution >= 0.6 is 0 Å². The van der Waals surface area contributed by atoms with Gasteiger partial charge in [-0.2, -0.15) is 13.2 Å². The lowest BCUT2D eigenvalue weighted by molar-refractivity contribution is -0.206. The summed E-state index contributed by atoms with van der Waals surface area (Å²) in [6.45, 7) is 0. The fraction of sp³-hybridized carbons (Fsp3) is 0.167. The fourth-order valence-electron chi connectivity index (χ4n) is 1.69. The van der Waals surface area contributed by atoms with Gasteiger partial charge in [0.25, 0.3) is 0 Å². The van der Waals surface area contributed by atoms with Crippen molar-refractivity contribution in [2.45, 2.75) is 12.3 Å². The van der Waals surface area contributed by atoms with E-state index in [9.17, 15) is 22.7 Å². The van der Waals surface area contributed by atoms with Crippen LogP contribution in [0.1, 0.15) is 11.7 Å². The molecule has 0 fully saturated rings. The van der Waals surface area contributed by atoms with Gasteiger partial charge in [0, 0.05) is 0 Å². The maximum absolute atomic E-state index is 12.9. The first-order chi connectivity index (χ1) is 7.89. The molecule has 1 nitrogen and oxygen atoms in total. The minimum absolute atomic E-state index is 0.193. The van der Waals surface area contributed by atoms with Gasteiger partial charge in [-0.05, 0) is 28.5 Å².